The summed E-state index contributed by atoms with van der Waals surface area (Å²) < 4.78 is 14.9. The van der Waals surface area contributed by atoms with Crippen LogP contribution in [0.3, 0.4) is 0 Å². The van der Waals surface area contributed by atoms with E-state index in [0.717, 1.165) is 0 Å². The predicted octanol–water partition coefficient (Wildman–Crippen LogP) is 3.58. The van der Waals surface area contributed by atoms with E-state index in [2.05, 4.69) is 10.6 Å². The summed E-state index contributed by atoms with van der Waals surface area (Å²) in [4.78, 5) is 59.5. The Morgan fingerprint density at radius 2 is 1.19 bits per heavy atom. The number of nitrogens with one attached hydrogen (secondary N) is 2. The van der Waals surface area contributed by atoms with Crippen LogP contribution in [0.4, 0.5) is 11.4 Å². The number of ether oxygens (including phenoxy) is 3. The molecular formula is C26H30N2O8. The number of anilines is 2. The third-order valence-corrected chi connectivity index (χ3v) is 4.55. The lowest BCUT2D eigenvalue weighted by atomic mass is 10.2. The van der Waals surface area contributed by atoms with Gasteiger partial charge in [-0.15, -0.1) is 0 Å². The van der Waals surface area contributed by atoms with Gasteiger partial charge >= 0.3 is 17.9 Å². The van der Waals surface area contributed by atoms with Gasteiger partial charge in [0.2, 0.25) is 5.91 Å². The first-order chi connectivity index (χ1) is 17.2. The number of carbonyl (C=O) groups excluding carboxylic acids is 5. The van der Waals surface area contributed by atoms with Crippen molar-refractivity contribution < 1.29 is 38.2 Å². The van der Waals surface area contributed by atoms with Crippen molar-refractivity contribution in [2.45, 2.75) is 33.6 Å². The van der Waals surface area contributed by atoms with Crippen molar-refractivity contribution >= 4 is 41.1 Å². The second kappa shape index (κ2) is 14.2. The van der Waals surface area contributed by atoms with Gasteiger partial charge in [0.05, 0.1) is 30.8 Å². The summed E-state index contributed by atoms with van der Waals surface area (Å²) in [5, 5.41) is 5.16. The molecule has 10 nitrogen and oxygen atoms in total. The molecule has 0 unspecified atom stereocenters. The van der Waals surface area contributed by atoms with Gasteiger partial charge in [-0.25, -0.2) is 9.59 Å². The van der Waals surface area contributed by atoms with Crippen LogP contribution in [-0.4, -0.2) is 49.5 Å². The van der Waals surface area contributed by atoms with E-state index in [1.807, 2.05) is 13.8 Å². The van der Waals surface area contributed by atoms with Crippen LogP contribution in [0, 0.1) is 5.92 Å². The fourth-order valence-electron chi connectivity index (χ4n) is 2.77. The zero-order chi connectivity index (χ0) is 26.5. The lowest BCUT2D eigenvalue weighted by Crippen LogP contribution is -2.21. The number of hydrogen-bond acceptors (Lipinski definition) is 8. The van der Waals surface area contributed by atoms with E-state index in [9.17, 15) is 24.0 Å². The van der Waals surface area contributed by atoms with Crippen molar-refractivity contribution in [2.24, 2.45) is 5.92 Å². The Hall–Kier alpha value is -4.21. The molecule has 2 aromatic carbocycles. The second-order valence-electron chi connectivity index (χ2n) is 8.12. The lowest BCUT2D eigenvalue weighted by molar-refractivity contribution is -0.147. The first-order valence-electron chi connectivity index (χ1n) is 11.5. The zero-order valence-corrected chi connectivity index (χ0v) is 20.5. The monoisotopic (exact) mass is 498 g/mol. The molecule has 0 spiro atoms. The third kappa shape index (κ3) is 9.96. The molecule has 2 rings (SSSR count). The first kappa shape index (κ1) is 28.0. The maximum absolute atomic E-state index is 12.1. The van der Waals surface area contributed by atoms with Gasteiger partial charge in [-0.1, -0.05) is 13.8 Å². The summed E-state index contributed by atoms with van der Waals surface area (Å²) in [6.45, 7) is 5.63. The van der Waals surface area contributed by atoms with Crippen LogP contribution >= 0.6 is 0 Å². The van der Waals surface area contributed by atoms with Crippen LogP contribution in [0.1, 0.15) is 54.3 Å². The van der Waals surface area contributed by atoms with Gasteiger partial charge in [0.1, 0.15) is 0 Å². The van der Waals surface area contributed by atoms with Crippen molar-refractivity contribution in [3.05, 3.63) is 59.7 Å². The van der Waals surface area contributed by atoms with Crippen molar-refractivity contribution in [1.29, 1.82) is 0 Å². The molecule has 0 aromatic heterocycles. The van der Waals surface area contributed by atoms with Gasteiger partial charge in [-0.3, -0.25) is 14.4 Å². The maximum atomic E-state index is 12.1. The Kier molecular flexibility index (Phi) is 11.1. The number of hydrogen-bond donors (Lipinski definition) is 2. The molecule has 10 heteroatoms. The highest BCUT2D eigenvalue weighted by atomic mass is 16.5. The number of benzene rings is 2. The smallest absolute Gasteiger partial charge is 0.338 e. The van der Waals surface area contributed by atoms with Crippen LogP contribution in [0.2, 0.25) is 0 Å². The Bertz CT molecular complexity index is 1060. The van der Waals surface area contributed by atoms with E-state index in [1.165, 1.54) is 36.4 Å². The second-order valence-corrected chi connectivity index (χ2v) is 8.12. The molecule has 0 fully saturated rings. The molecular weight excluding hydrogens is 468 g/mol. The highest BCUT2D eigenvalue weighted by molar-refractivity contribution is 5.96. The van der Waals surface area contributed by atoms with Crippen LogP contribution in [0.25, 0.3) is 0 Å². The maximum Gasteiger partial charge on any atom is 0.338 e. The van der Waals surface area contributed by atoms with Crippen LogP contribution in [-0.2, 0) is 28.6 Å². The molecule has 36 heavy (non-hydrogen) atoms. The van der Waals surface area contributed by atoms with E-state index in [0.29, 0.717) is 29.1 Å². The van der Waals surface area contributed by atoms with Gasteiger partial charge in [-0.05, 0) is 61.4 Å². The SMILES string of the molecule is CCOC(=O)c1ccc(NC(=O)COC(=O)CCC(=O)Nc2ccc(C(=O)OCC(C)C)cc2)cc1. The summed E-state index contributed by atoms with van der Waals surface area (Å²) in [6, 6.07) is 12.3. The average Bonchev–Trinajstić information content (AvgIpc) is 2.85. The minimum Gasteiger partial charge on any atom is -0.462 e. The van der Waals surface area contributed by atoms with Gasteiger partial charge in [0.15, 0.2) is 6.61 Å². The van der Waals surface area contributed by atoms with E-state index >= 15 is 0 Å². The number of carbonyl (C=O) groups is 5. The van der Waals surface area contributed by atoms with E-state index in [1.54, 1.807) is 19.1 Å². The highest BCUT2D eigenvalue weighted by Gasteiger charge is 2.13. The summed E-state index contributed by atoms with van der Waals surface area (Å²) in [7, 11) is 0. The van der Waals surface area contributed by atoms with E-state index in [-0.39, 0.29) is 25.4 Å². The molecule has 192 valence electrons. The molecule has 2 aromatic rings. The van der Waals surface area contributed by atoms with E-state index in [4.69, 9.17) is 14.2 Å². The van der Waals surface area contributed by atoms with Crippen molar-refractivity contribution in [3.8, 4) is 0 Å². The van der Waals surface area contributed by atoms with Gasteiger partial charge in [0.25, 0.3) is 5.91 Å². The van der Waals surface area contributed by atoms with E-state index < -0.39 is 36.3 Å². The molecule has 0 saturated heterocycles. The third-order valence-electron chi connectivity index (χ3n) is 4.55. The highest BCUT2D eigenvalue weighted by Crippen LogP contribution is 2.13. The molecule has 0 heterocycles. The van der Waals surface area contributed by atoms with Crippen molar-refractivity contribution in [2.75, 3.05) is 30.5 Å². The molecule has 0 aliphatic carbocycles. The minimum atomic E-state index is -0.707. The fourth-order valence-corrected chi connectivity index (χ4v) is 2.77. The van der Waals surface area contributed by atoms with Gasteiger partial charge in [-0.2, -0.15) is 0 Å². The molecule has 0 bridgehead atoms. The van der Waals surface area contributed by atoms with Crippen LogP contribution < -0.4 is 10.6 Å². The fraction of sp³-hybridized carbons (Fsp3) is 0.346. The van der Waals surface area contributed by atoms with Crippen LogP contribution in [0.5, 0.6) is 0 Å². The van der Waals surface area contributed by atoms with Crippen LogP contribution in [0.15, 0.2) is 48.5 Å². The Morgan fingerprint density at radius 3 is 1.69 bits per heavy atom. The number of esters is 3. The Balaban J connectivity index is 1.69. The molecule has 2 amide bonds. The molecule has 0 radical (unpaired) electrons. The number of amides is 2. The standard InChI is InChI=1S/C26H30N2O8/c1-4-34-25(32)18-5-11-21(12-6-18)28-23(30)16-35-24(31)14-13-22(29)27-20-9-7-19(8-10-20)26(33)36-15-17(2)3/h5-12,17H,4,13-16H2,1-3H3,(H,27,29)(H,28,30). The van der Waals surface area contributed by atoms with Gasteiger partial charge < -0.3 is 24.8 Å². The van der Waals surface area contributed by atoms with Crippen molar-refractivity contribution in [1.82, 2.24) is 0 Å². The predicted molar refractivity (Wildman–Crippen MR) is 131 cm³/mol. The normalized spacial score (nSPS) is 10.3. The largest absolute Gasteiger partial charge is 0.462 e. The summed E-state index contributed by atoms with van der Waals surface area (Å²) in [6.07, 6.45) is -0.360. The quantitative estimate of drug-likeness (QED) is 0.335. The Morgan fingerprint density at radius 1 is 0.694 bits per heavy atom. The molecule has 0 aliphatic heterocycles. The molecule has 0 saturated carbocycles. The Labute approximate surface area is 209 Å². The molecule has 0 aliphatic rings. The summed E-state index contributed by atoms with van der Waals surface area (Å²) in [5.41, 5.74) is 1.59. The topological polar surface area (TPSA) is 137 Å². The summed E-state index contributed by atoms with van der Waals surface area (Å²) in [5.74, 6) is -2.38. The minimum absolute atomic E-state index is 0.145. The average molecular weight is 499 g/mol. The molecule has 0 atom stereocenters. The van der Waals surface area contributed by atoms with Gasteiger partial charge in [0, 0.05) is 17.8 Å². The van der Waals surface area contributed by atoms with Crippen molar-refractivity contribution in [3.63, 3.8) is 0 Å². The molecule has 2 N–H and O–H groups in total. The summed E-state index contributed by atoms with van der Waals surface area (Å²) >= 11 is 0. The zero-order valence-electron chi connectivity index (χ0n) is 20.5. The number of rotatable bonds is 12. The lowest BCUT2D eigenvalue weighted by Gasteiger charge is -2.09. The first-order valence-corrected chi connectivity index (χ1v) is 11.5.